The minimum absolute atomic E-state index is 0.678. The van der Waals surface area contributed by atoms with Gasteiger partial charge in [0.15, 0.2) is 0 Å². The quantitative estimate of drug-likeness (QED) is 0.516. The summed E-state index contributed by atoms with van der Waals surface area (Å²) in [6.45, 7) is 0. The first-order valence-electron chi connectivity index (χ1n) is 6.04. The summed E-state index contributed by atoms with van der Waals surface area (Å²) in [5.74, 6) is 0. The molecule has 0 N–H and O–H groups in total. The van der Waals surface area contributed by atoms with Crippen LogP contribution in [0.4, 0.5) is 0 Å². The van der Waals surface area contributed by atoms with Gasteiger partial charge in [0.2, 0.25) is 12.4 Å². The number of hydrogen-bond donors (Lipinski definition) is 0. The van der Waals surface area contributed by atoms with E-state index < -0.39 is 0 Å². The average molecular weight is 248 g/mol. The molecule has 3 heteroatoms. The molecule has 0 fully saturated rings. The number of aromatic nitrogens is 2. The highest BCUT2D eigenvalue weighted by Crippen LogP contribution is 2.20. The smallest absolute Gasteiger partial charge is 0.206 e. The van der Waals surface area contributed by atoms with Crippen LogP contribution in [-0.4, -0.2) is 4.98 Å². The predicted molar refractivity (Wildman–Crippen MR) is 74.1 cm³/mol. The molecule has 19 heavy (non-hydrogen) atoms. The maximum absolute atomic E-state index is 11.7. The zero-order chi connectivity index (χ0) is 13.1. The van der Waals surface area contributed by atoms with Gasteiger partial charge >= 0.3 is 0 Å². The van der Waals surface area contributed by atoms with E-state index in [9.17, 15) is 5.21 Å². The Morgan fingerprint density at radius 3 is 1.53 bits per heavy atom. The second-order valence-corrected chi connectivity index (χ2v) is 4.23. The molecule has 3 nitrogen and oxygen atoms in total. The lowest BCUT2D eigenvalue weighted by atomic mass is 10.1. The Morgan fingerprint density at radius 1 is 0.684 bits per heavy atom. The van der Waals surface area contributed by atoms with Crippen LogP contribution in [0.2, 0.25) is 0 Å². The molecule has 0 aliphatic heterocycles. The van der Waals surface area contributed by atoms with E-state index in [0.717, 1.165) is 15.9 Å². The first-order valence-corrected chi connectivity index (χ1v) is 6.04. The highest BCUT2D eigenvalue weighted by Gasteiger charge is 2.08. The monoisotopic (exact) mass is 248 g/mol. The molecule has 0 bridgehead atoms. The lowest BCUT2D eigenvalue weighted by Gasteiger charge is -2.05. The zero-order valence-electron chi connectivity index (χ0n) is 10.2. The Kier molecular flexibility index (Phi) is 2.94. The molecule has 0 atom stereocenters. The lowest BCUT2D eigenvalue weighted by molar-refractivity contribution is -0.604. The van der Waals surface area contributed by atoms with Gasteiger partial charge in [0.05, 0.1) is 0 Å². The molecular weight excluding hydrogens is 236 g/mol. The SMILES string of the molecule is [O-][n+]1cc(-c2ccccc2)nc(-c2ccccc2)c1. The summed E-state index contributed by atoms with van der Waals surface area (Å²) < 4.78 is 0.803. The molecule has 2 aromatic carbocycles. The first kappa shape index (κ1) is 11.4. The number of rotatable bonds is 2. The predicted octanol–water partition coefficient (Wildman–Crippen LogP) is 3.05. The summed E-state index contributed by atoms with van der Waals surface area (Å²) in [5, 5.41) is 11.7. The van der Waals surface area contributed by atoms with Crippen molar-refractivity contribution in [2.75, 3.05) is 0 Å². The van der Waals surface area contributed by atoms with E-state index in [-0.39, 0.29) is 0 Å². The van der Waals surface area contributed by atoms with E-state index in [4.69, 9.17) is 0 Å². The molecule has 1 aromatic heterocycles. The van der Waals surface area contributed by atoms with Gasteiger partial charge in [0, 0.05) is 11.1 Å². The normalized spacial score (nSPS) is 10.3. The molecule has 1 heterocycles. The van der Waals surface area contributed by atoms with Crippen LogP contribution >= 0.6 is 0 Å². The highest BCUT2D eigenvalue weighted by molar-refractivity contribution is 5.63. The van der Waals surface area contributed by atoms with Crippen LogP contribution in [0, 0.1) is 5.21 Å². The van der Waals surface area contributed by atoms with Gasteiger partial charge in [-0.15, -0.1) is 0 Å². The van der Waals surface area contributed by atoms with Crippen molar-refractivity contribution >= 4 is 0 Å². The summed E-state index contributed by atoms with van der Waals surface area (Å²) in [6, 6.07) is 19.4. The Morgan fingerprint density at radius 2 is 1.11 bits per heavy atom. The van der Waals surface area contributed by atoms with Crippen LogP contribution in [-0.2, 0) is 0 Å². The van der Waals surface area contributed by atoms with Crippen molar-refractivity contribution < 1.29 is 4.73 Å². The van der Waals surface area contributed by atoms with Crippen molar-refractivity contribution in [2.24, 2.45) is 0 Å². The molecule has 0 aliphatic carbocycles. The van der Waals surface area contributed by atoms with E-state index >= 15 is 0 Å². The largest absolute Gasteiger partial charge is 0.619 e. The zero-order valence-corrected chi connectivity index (χ0v) is 10.2. The molecule has 3 rings (SSSR count). The first-order chi connectivity index (χ1) is 9.33. The van der Waals surface area contributed by atoms with Gasteiger partial charge in [0.1, 0.15) is 11.4 Å². The highest BCUT2D eigenvalue weighted by atomic mass is 16.5. The molecule has 0 unspecified atom stereocenters. The van der Waals surface area contributed by atoms with Crippen molar-refractivity contribution in [3.8, 4) is 22.5 Å². The van der Waals surface area contributed by atoms with Crippen molar-refractivity contribution in [1.82, 2.24) is 4.98 Å². The van der Waals surface area contributed by atoms with Crippen molar-refractivity contribution in [3.05, 3.63) is 78.3 Å². The Bertz CT molecular complexity index is 624. The molecule has 0 saturated carbocycles. The molecular formula is C16H12N2O. The summed E-state index contributed by atoms with van der Waals surface area (Å²) >= 11 is 0. The van der Waals surface area contributed by atoms with Gasteiger partial charge in [-0.25, -0.2) is 4.98 Å². The maximum Gasteiger partial charge on any atom is 0.206 e. The average Bonchev–Trinajstić information content (AvgIpc) is 2.48. The van der Waals surface area contributed by atoms with Crippen LogP contribution in [0.3, 0.4) is 0 Å². The number of nitrogens with zero attached hydrogens (tertiary/aromatic N) is 2. The van der Waals surface area contributed by atoms with E-state index in [1.807, 2.05) is 60.7 Å². The van der Waals surface area contributed by atoms with Gasteiger partial charge < -0.3 is 5.21 Å². The van der Waals surface area contributed by atoms with Crippen molar-refractivity contribution in [1.29, 1.82) is 0 Å². The third kappa shape index (κ3) is 2.45. The molecule has 0 amide bonds. The second-order valence-electron chi connectivity index (χ2n) is 4.23. The summed E-state index contributed by atoms with van der Waals surface area (Å²) in [5.41, 5.74) is 3.23. The minimum atomic E-state index is 0.678. The number of hydrogen-bond acceptors (Lipinski definition) is 2. The second kappa shape index (κ2) is 4.90. The fraction of sp³-hybridized carbons (Fsp3) is 0. The lowest BCUT2D eigenvalue weighted by Crippen LogP contribution is -2.26. The third-order valence-corrected chi connectivity index (χ3v) is 2.88. The van der Waals surface area contributed by atoms with Gasteiger partial charge in [-0.3, -0.25) is 0 Å². The maximum atomic E-state index is 11.7. The molecule has 0 saturated heterocycles. The Labute approximate surface area is 111 Å². The van der Waals surface area contributed by atoms with Crippen LogP contribution in [0.25, 0.3) is 22.5 Å². The molecule has 3 aromatic rings. The van der Waals surface area contributed by atoms with Crippen LogP contribution < -0.4 is 4.73 Å². The van der Waals surface area contributed by atoms with E-state index in [1.165, 1.54) is 12.4 Å². The summed E-state index contributed by atoms with van der Waals surface area (Å²) in [6.07, 6.45) is 2.98. The van der Waals surface area contributed by atoms with Crippen LogP contribution in [0.5, 0.6) is 0 Å². The summed E-state index contributed by atoms with van der Waals surface area (Å²) in [7, 11) is 0. The summed E-state index contributed by atoms with van der Waals surface area (Å²) in [4.78, 5) is 4.55. The standard InChI is InChI=1S/C16H12N2O/c19-18-11-15(13-7-3-1-4-8-13)17-16(12-18)14-9-5-2-6-10-14/h1-12H. The van der Waals surface area contributed by atoms with Gasteiger partial charge in [0.25, 0.3) is 0 Å². The van der Waals surface area contributed by atoms with E-state index in [0.29, 0.717) is 11.4 Å². The molecule has 92 valence electrons. The van der Waals surface area contributed by atoms with E-state index in [2.05, 4.69) is 4.98 Å². The Balaban J connectivity index is 2.12. The minimum Gasteiger partial charge on any atom is -0.619 e. The molecule has 0 spiro atoms. The Hall–Kier alpha value is -2.68. The van der Waals surface area contributed by atoms with Gasteiger partial charge in [-0.1, -0.05) is 60.7 Å². The third-order valence-electron chi connectivity index (χ3n) is 2.88. The molecule has 0 radical (unpaired) electrons. The topological polar surface area (TPSA) is 39.8 Å². The van der Waals surface area contributed by atoms with Crippen molar-refractivity contribution in [2.45, 2.75) is 0 Å². The van der Waals surface area contributed by atoms with Crippen molar-refractivity contribution in [3.63, 3.8) is 0 Å². The fourth-order valence-corrected chi connectivity index (χ4v) is 1.96. The van der Waals surface area contributed by atoms with Gasteiger partial charge in [-0.05, 0) is 0 Å². The van der Waals surface area contributed by atoms with Crippen LogP contribution in [0.15, 0.2) is 73.1 Å². The fourth-order valence-electron chi connectivity index (χ4n) is 1.96. The number of benzene rings is 2. The van der Waals surface area contributed by atoms with Gasteiger partial charge in [-0.2, -0.15) is 4.73 Å². The van der Waals surface area contributed by atoms with E-state index in [1.54, 1.807) is 0 Å². The van der Waals surface area contributed by atoms with Crippen LogP contribution in [0.1, 0.15) is 0 Å². The molecule has 0 aliphatic rings.